The zero-order chi connectivity index (χ0) is 8.43. The highest BCUT2D eigenvalue weighted by Gasteiger charge is 2.08. The quantitative estimate of drug-likeness (QED) is 0.872. The lowest BCUT2D eigenvalue weighted by Gasteiger charge is -1.89. The van der Waals surface area contributed by atoms with E-state index < -0.39 is 5.97 Å². The standard InChI is InChI=1S/C6H4Cl2O2S.ClH/c7-4-1-3(2-5(9)10)6(8)11-4;/h1H,2H2,(H,9,10);1H. The van der Waals surface area contributed by atoms with Crippen LogP contribution in [-0.2, 0) is 11.2 Å². The van der Waals surface area contributed by atoms with Gasteiger partial charge < -0.3 is 5.11 Å². The van der Waals surface area contributed by atoms with Gasteiger partial charge >= 0.3 is 5.97 Å². The van der Waals surface area contributed by atoms with Gasteiger partial charge in [-0.15, -0.1) is 23.7 Å². The van der Waals surface area contributed by atoms with Gasteiger partial charge in [0.05, 0.1) is 15.1 Å². The number of thiophene rings is 1. The van der Waals surface area contributed by atoms with Crippen molar-refractivity contribution in [2.45, 2.75) is 6.42 Å². The highest BCUT2D eigenvalue weighted by Crippen LogP contribution is 2.31. The van der Waals surface area contributed by atoms with Crippen molar-refractivity contribution in [3.05, 3.63) is 20.3 Å². The smallest absolute Gasteiger partial charge is 0.307 e. The maximum absolute atomic E-state index is 10.2. The minimum absolute atomic E-state index is 0. The third-order valence-electron chi connectivity index (χ3n) is 1.07. The molecule has 0 saturated heterocycles. The fourth-order valence-corrected chi connectivity index (χ4v) is 2.14. The highest BCUT2D eigenvalue weighted by atomic mass is 35.5. The maximum Gasteiger partial charge on any atom is 0.307 e. The van der Waals surface area contributed by atoms with E-state index in [1.807, 2.05) is 0 Å². The third-order valence-corrected chi connectivity index (χ3v) is 2.64. The Bertz CT molecular complexity index is 284. The van der Waals surface area contributed by atoms with Crippen molar-refractivity contribution in [3.63, 3.8) is 0 Å². The van der Waals surface area contributed by atoms with Gasteiger partial charge in [-0.2, -0.15) is 0 Å². The Kier molecular flexibility index (Phi) is 4.94. The van der Waals surface area contributed by atoms with E-state index in [0.717, 1.165) is 0 Å². The summed E-state index contributed by atoms with van der Waals surface area (Å²) in [5.41, 5.74) is 0.578. The fraction of sp³-hybridized carbons (Fsp3) is 0.167. The molecule has 0 fully saturated rings. The molecule has 1 N–H and O–H groups in total. The van der Waals surface area contributed by atoms with Gasteiger partial charge in [-0.3, -0.25) is 4.79 Å². The zero-order valence-corrected chi connectivity index (χ0v) is 8.86. The van der Waals surface area contributed by atoms with E-state index in [9.17, 15) is 4.79 Å². The molecule has 1 heterocycles. The van der Waals surface area contributed by atoms with Gasteiger partial charge in [-0.25, -0.2) is 0 Å². The lowest BCUT2D eigenvalue weighted by molar-refractivity contribution is -0.136. The molecule has 12 heavy (non-hydrogen) atoms. The van der Waals surface area contributed by atoms with Crippen molar-refractivity contribution in [2.24, 2.45) is 0 Å². The number of hydrogen-bond donors (Lipinski definition) is 1. The van der Waals surface area contributed by atoms with Crippen LogP contribution in [0.4, 0.5) is 0 Å². The van der Waals surface area contributed by atoms with Crippen LogP contribution < -0.4 is 0 Å². The summed E-state index contributed by atoms with van der Waals surface area (Å²) >= 11 is 12.4. The summed E-state index contributed by atoms with van der Waals surface area (Å²) < 4.78 is 0.976. The Morgan fingerprint density at radius 1 is 1.58 bits per heavy atom. The van der Waals surface area contributed by atoms with Crippen molar-refractivity contribution < 1.29 is 9.90 Å². The molecule has 0 bridgehead atoms. The number of hydrogen-bond acceptors (Lipinski definition) is 2. The van der Waals surface area contributed by atoms with Crippen LogP contribution >= 0.6 is 46.9 Å². The summed E-state index contributed by atoms with van der Waals surface area (Å²) in [5, 5.41) is 8.40. The molecule has 0 atom stereocenters. The van der Waals surface area contributed by atoms with Gasteiger partial charge in [0, 0.05) is 0 Å². The minimum atomic E-state index is -0.902. The first-order chi connectivity index (χ1) is 5.09. The molecule has 0 aromatic carbocycles. The summed E-state index contributed by atoms with van der Waals surface area (Å²) in [5.74, 6) is -0.902. The summed E-state index contributed by atoms with van der Waals surface area (Å²) in [6, 6.07) is 1.57. The van der Waals surface area contributed by atoms with Crippen molar-refractivity contribution in [2.75, 3.05) is 0 Å². The molecule has 68 valence electrons. The number of rotatable bonds is 2. The molecule has 1 rings (SSSR count). The first-order valence-electron chi connectivity index (χ1n) is 2.75. The van der Waals surface area contributed by atoms with Crippen LogP contribution in [0.5, 0.6) is 0 Å². The maximum atomic E-state index is 10.2. The van der Waals surface area contributed by atoms with E-state index in [0.29, 0.717) is 14.2 Å². The van der Waals surface area contributed by atoms with Gasteiger partial charge in [-0.05, 0) is 11.6 Å². The Morgan fingerprint density at radius 3 is 2.50 bits per heavy atom. The van der Waals surface area contributed by atoms with Gasteiger partial charge in [0.25, 0.3) is 0 Å². The van der Waals surface area contributed by atoms with Gasteiger partial charge in [0.2, 0.25) is 0 Å². The molecule has 0 spiro atoms. The third kappa shape index (κ3) is 3.19. The van der Waals surface area contributed by atoms with Crippen LogP contribution in [0.3, 0.4) is 0 Å². The van der Waals surface area contributed by atoms with E-state index >= 15 is 0 Å². The topological polar surface area (TPSA) is 37.3 Å². The molecule has 0 saturated carbocycles. The van der Waals surface area contributed by atoms with Crippen molar-refractivity contribution in [1.29, 1.82) is 0 Å². The van der Waals surface area contributed by atoms with Crippen LogP contribution in [0, 0.1) is 0 Å². The summed E-state index contributed by atoms with van der Waals surface area (Å²) in [6.07, 6.45) is -0.0674. The van der Waals surface area contributed by atoms with E-state index in [1.165, 1.54) is 11.3 Å². The van der Waals surface area contributed by atoms with Crippen LogP contribution in [0.1, 0.15) is 5.56 Å². The fourth-order valence-electron chi connectivity index (χ4n) is 0.658. The zero-order valence-electron chi connectivity index (χ0n) is 5.71. The molecule has 2 nitrogen and oxygen atoms in total. The van der Waals surface area contributed by atoms with E-state index in [-0.39, 0.29) is 18.8 Å². The predicted octanol–water partition coefficient (Wildman–Crippen LogP) is 3.10. The average Bonchev–Trinajstić information content (AvgIpc) is 2.09. The molecule has 0 aliphatic rings. The van der Waals surface area contributed by atoms with E-state index in [1.54, 1.807) is 6.07 Å². The lowest BCUT2D eigenvalue weighted by atomic mass is 10.2. The Morgan fingerprint density at radius 2 is 2.17 bits per heavy atom. The van der Waals surface area contributed by atoms with Crippen molar-refractivity contribution >= 4 is 52.9 Å². The summed E-state index contributed by atoms with van der Waals surface area (Å²) in [7, 11) is 0. The number of aliphatic carboxylic acids is 1. The summed E-state index contributed by atoms with van der Waals surface area (Å²) in [6.45, 7) is 0. The second kappa shape index (κ2) is 4.92. The molecule has 1 aromatic heterocycles. The molecule has 0 radical (unpaired) electrons. The SMILES string of the molecule is Cl.O=C(O)Cc1cc(Cl)sc1Cl. The average molecular weight is 248 g/mol. The van der Waals surface area contributed by atoms with Gasteiger partial charge in [0.1, 0.15) is 0 Å². The van der Waals surface area contributed by atoms with Crippen molar-refractivity contribution in [3.8, 4) is 0 Å². The minimum Gasteiger partial charge on any atom is -0.481 e. The Hall–Kier alpha value is 0.0400. The van der Waals surface area contributed by atoms with Crippen LogP contribution in [0.15, 0.2) is 6.07 Å². The second-order valence-corrected chi connectivity index (χ2v) is 4.21. The van der Waals surface area contributed by atoms with Gasteiger partial charge in [-0.1, -0.05) is 23.2 Å². The molecule has 0 aliphatic carbocycles. The molecule has 6 heteroatoms. The number of halogens is 3. The molecular weight excluding hydrogens is 242 g/mol. The lowest BCUT2D eigenvalue weighted by Crippen LogP contribution is -1.98. The monoisotopic (exact) mass is 246 g/mol. The number of carboxylic acid groups (broad SMARTS) is 1. The van der Waals surface area contributed by atoms with Gasteiger partial charge in [0.15, 0.2) is 0 Å². The largest absolute Gasteiger partial charge is 0.481 e. The molecule has 0 amide bonds. The van der Waals surface area contributed by atoms with Crippen molar-refractivity contribution in [1.82, 2.24) is 0 Å². The Labute approximate surface area is 89.5 Å². The molecule has 1 aromatic rings. The van der Waals surface area contributed by atoms with Crippen LogP contribution in [-0.4, -0.2) is 11.1 Å². The second-order valence-electron chi connectivity index (χ2n) is 1.92. The normalized spacial score (nSPS) is 9.17. The summed E-state index contributed by atoms with van der Waals surface area (Å²) in [4.78, 5) is 10.2. The van der Waals surface area contributed by atoms with E-state index in [2.05, 4.69) is 0 Å². The Balaban J connectivity index is 0.00000121. The van der Waals surface area contributed by atoms with Crippen LogP contribution in [0.25, 0.3) is 0 Å². The number of carboxylic acids is 1. The molecule has 0 unspecified atom stereocenters. The molecular formula is C6H5Cl3O2S. The van der Waals surface area contributed by atoms with Crippen LogP contribution in [0.2, 0.25) is 8.67 Å². The highest BCUT2D eigenvalue weighted by molar-refractivity contribution is 7.20. The van der Waals surface area contributed by atoms with E-state index in [4.69, 9.17) is 28.3 Å². The molecule has 0 aliphatic heterocycles. The first kappa shape index (κ1) is 12.0. The number of carbonyl (C=O) groups is 1. The predicted molar refractivity (Wildman–Crippen MR) is 52.9 cm³/mol. The first-order valence-corrected chi connectivity index (χ1v) is 4.32.